The molecule has 39 heavy (non-hydrogen) atoms. The Hall–Kier alpha value is -4.32. The van der Waals surface area contributed by atoms with Crippen molar-refractivity contribution in [1.82, 2.24) is 14.3 Å². The van der Waals surface area contributed by atoms with Crippen molar-refractivity contribution in [2.45, 2.75) is 31.0 Å². The largest absolute Gasteiger partial charge is 0.493 e. The van der Waals surface area contributed by atoms with Gasteiger partial charge in [-0.15, -0.1) is 0 Å². The lowest BCUT2D eigenvalue weighted by molar-refractivity contribution is -0.138. The average Bonchev–Trinajstić information content (AvgIpc) is 3.37. The van der Waals surface area contributed by atoms with E-state index in [9.17, 15) is 18.0 Å². The first kappa shape index (κ1) is 27.7. The van der Waals surface area contributed by atoms with Crippen LogP contribution in [0.5, 0.6) is 5.75 Å². The normalized spacial score (nSPS) is 12.1. The summed E-state index contributed by atoms with van der Waals surface area (Å²) < 4.78 is 39.8. The molecular weight excluding hydrogens is 520 g/mol. The molecule has 0 amide bonds. The number of nitrogens with one attached hydrogen (secondary N) is 1. The number of nitrogens with two attached hydrogens (primary N) is 1. The van der Waals surface area contributed by atoms with E-state index in [1.165, 1.54) is 18.2 Å². The first-order chi connectivity index (χ1) is 18.8. The molecule has 0 saturated heterocycles. The maximum atomic E-state index is 13.1. The van der Waals surface area contributed by atoms with E-state index in [0.29, 0.717) is 30.2 Å². The quantitative estimate of drug-likeness (QED) is 0.165. The minimum absolute atomic E-state index is 0.00558. The SMILES string of the molecule is CCOc1cccc(C(=O)OC(=O)C[C@@H](N)NS(=O)(=O)c2ccccc2)c1-c1cn(Cc2ccccc2)cn1. The third kappa shape index (κ3) is 7.17. The average molecular weight is 549 g/mol. The van der Waals surface area contributed by atoms with Gasteiger partial charge in [-0.3, -0.25) is 4.79 Å². The molecule has 0 spiro atoms. The number of hydrogen-bond donors (Lipinski definition) is 2. The molecule has 10 nitrogen and oxygen atoms in total. The summed E-state index contributed by atoms with van der Waals surface area (Å²) in [5, 5.41) is 0. The lowest BCUT2D eigenvalue weighted by Gasteiger charge is -2.15. The Bertz CT molecular complexity index is 1540. The van der Waals surface area contributed by atoms with E-state index in [-0.39, 0.29) is 10.5 Å². The minimum Gasteiger partial charge on any atom is -0.493 e. The molecule has 1 heterocycles. The van der Waals surface area contributed by atoms with Gasteiger partial charge in [0, 0.05) is 12.7 Å². The molecule has 4 rings (SSSR count). The number of hydrogen-bond acceptors (Lipinski definition) is 8. The van der Waals surface area contributed by atoms with Crippen LogP contribution in [-0.4, -0.2) is 42.7 Å². The number of aromatic nitrogens is 2. The standard InChI is InChI=1S/C28H28N4O6S/c1-2-37-24-15-9-14-22(27(24)23-18-32(19-30-23)17-20-10-5-3-6-11-20)28(34)38-26(33)16-25(29)31-39(35,36)21-12-7-4-8-13-21/h3-15,18-19,25,31H,2,16-17,29H2,1H3/t25-/m0/s1. The monoisotopic (exact) mass is 548 g/mol. The number of imidazole rings is 1. The van der Waals surface area contributed by atoms with Gasteiger partial charge in [0.1, 0.15) is 5.75 Å². The predicted molar refractivity (Wildman–Crippen MR) is 144 cm³/mol. The number of benzene rings is 3. The van der Waals surface area contributed by atoms with Crippen molar-refractivity contribution < 1.29 is 27.5 Å². The highest BCUT2D eigenvalue weighted by molar-refractivity contribution is 7.89. The highest BCUT2D eigenvalue weighted by Gasteiger charge is 2.25. The molecule has 0 bridgehead atoms. The molecule has 0 aliphatic rings. The van der Waals surface area contributed by atoms with Gasteiger partial charge < -0.3 is 19.8 Å². The number of sulfonamides is 1. The molecule has 0 aliphatic carbocycles. The second-order valence-electron chi connectivity index (χ2n) is 8.54. The van der Waals surface area contributed by atoms with Gasteiger partial charge in [-0.05, 0) is 36.8 Å². The first-order valence-electron chi connectivity index (χ1n) is 12.2. The molecule has 1 atom stereocenters. The Kier molecular flexibility index (Phi) is 8.87. The lowest BCUT2D eigenvalue weighted by atomic mass is 10.0. The molecule has 3 aromatic carbocycles. The summed E-state index contributed by atoms with van der Waals surface area (Å²) >= 11 is 0. The fourth-order valence-corrected chi connectivity index (χ4v) is 5.03. The number of nitrogens with zero attached hydrogens (tertiary/aromatic N) is 2. The van der Waals surface area contributed by atoms with E-state index in [2.05, 4.69) is 9.71 Å². The van der Waals surface area contributed by atoms with Crippen LogP contribution >= 0.6 is 0 Å². The number of ether oxygens (including phenoxy) is 2. The van der Waals surface area contributed by atoms with Crippen LogP contribution in [-0.2, 0) is 26.1 Å². The Balaban J connectivity index is 1.50. The van der Waals surface area contributed by atoms with E-state index in [1.807, 2.05) is 41.8 Å². The molecule has 3 N–H and O–H groups in total. The molecule has 0 radical (unpaired) electrons. The van der Waals surface area contributed by atoms with Gasteiger partial charge in [-0.1, -0.05) is 54.6 Å². The molecule has 11 heteroatoms. The van der Waals surface area contributed by atoms with Crippen molar-refractivity contribution in [3.63, 3.8) is 0 Å². The van der Waals surface area contributed by atoms with E-state index >= 15 is 0 Å². The van der Waals surface area contributed by atoms with Gasteiger partial charge in [0.2, 0.25) is 10.0 Å². The third-order valence-electron chi connectivity index (χ3n) is 5.60. The minimum atomic E-state index is -3.96. The van der Waals surface area contributed by atoms with Gasteiger partial charge >= 0.3 is 11.9 Å². The third-order valence-corrected chi connectivity index (χ3v) is 7.10. The maximum Gasteiger partial charge on any atom is 0.346 e. The summed E-state index contributed by atoms with van der Waals surface area (Å²) in [7, 11) is -3.96. The molecular formula is C28H28N4O6S. The van der Waals surface area contributed by atoms with Crippen LogP contribution in [0.25, 0.3) is 11.3 Å². The zero-order chi connectivity index (χ0) is 27.8. The van der Waals surface area contributed by atoms with Crippen LogP contribution in [0.2, 0.25) is 0 Å². The van der Waals surface area contributed by atoms with Gasteiger partial charge in [-0.2, -0.15) is 4.72 Å². The molecule has 0 unspecified atom stereocenters. The zero-order valence-corrected chi connectivity index (χ0v) is 22.0. The van der Waals surface area contributed by atoms with Crippen molar-refractivity contribution in [3.05, 3.63) is 103 Å². The first-order valence-corrected chi connectivity index (χ1v) is 13.6. The Morgan fingerprint density at radius 1 is 1.00 bits per heavy atom. The Morgan fingerprint density at radius 3 is 2.38 bits per heavy atom. The summed E-state index contributed by atoms with van der Waals surface area (Å²) in [6.45, 7) is 2.72. The van der Waals surface area contributed by atoms with Crippen LogP contribution in [0.15, 0.2) is 96.3 Å². The van der Waals surface area contributed by atoms with Gasteiger partial charge in [0.25, 0.3) is 0 Å². The topological polar surface area (TPSA) is 143 Å². The van der Waals surface area contributed by atoms with E-state index < -0.39 is 34.5 Å². The summed E-state index contributed by atoms with van der Waals surface area (Å²) in [5.41, 5.74) is 7.80. The highest BCUT2D eigenvalue weighted by Crippen LogP contribution is 2.33. The smallest absolute Gasteiger partial charge is 0.346 e. The Morgan fingerprint density at radius 2 is 1.69 bits per heavy atom. The lowest BCUT2D eigenvalue weighted by Crippen LogP contribution is -2.43. The second-order valence-corrected chi connectivity index (χ2v) is 10.2. The summed E-state index contributed by atoms with van der Waals surface area (Å²) in [6, 6.07) is 22.2. The van der Waals surface area contributed by atoms with E-state index in [1.54, 1.807) is 42.9 Å². The fourth-order valence-electron chi connectivity index (χ4n) is 3.90. The van der Waals surface area contributed by atoms with Gasteiger partial charge in [0.05, 0.1) is 47.2 Å². The van der Waals surface area contributed by atoms with Crippen LogP contribution in [0.4, 0.5) is 0 Å². The van der Waals surface area contributed by atoms with Gasteiger partial charge in [-0.25, -0.2) is 18.2 Å². The molecule has 1 aromatic heterocycles. The summed E-state index contributed by atoms with van der Waals surface area (Å²) in [4.78, 5) is 30.0. The van der Waals surface area contributed by atoms with Crippen molar-refractivity contribution >= 4 is 22.0 Å². The number of carbonyl (C=O) groups is 2. The second kappa shape index (κ2) is 12.5. The number of carbonyl (C=O) groups excluding carboxylic acids is 2. The molecule has 0 fully saturated rings. The van der Waals surface area contributed by atoms with Crippen molar-refractivity contribution in [2.24, 2.45) is 5.73 Å². The van der Waals surface area contributed by atoms with Crippen molar-refractivity contribution in [3.8, 4) is 17.0 Å². The molecule has 0 aliphatic heterocycles. The fraction of sp³-hybridized carbons (Fsp3) is 0.179. The molecule has 4 aromatic rings. The maximum absolute atomic E-state index is 13.1. The summed E-state index contributed by atoms with van der Waals surface area (Å²) in [5.74, 6) is -1.53. The number of rotatable bonds is 11. The van der Waals surface area contributed by atoms with E-state index in [0.717, 1.165) is 5.56 Å². The zero-order valence-electron chi connectivity index (χ0n) is 21.2. The van der Waals surface area contributed by atoms with Crippen LogP contribution in [0.3, 0.4) is 0 Å². The van der Waals surface area contributed by atoms with Crippen LogP contribution in [0.1, 0.15) is 29.3 Å². The predicted octanol–water partition coefficient (Wildman–Crippen LogP) is 3.33. The highest BCUT2D eigenvalue weighted by atomic mass is 32.2. The molecule has 0 saturated carbocycles. The molecule has 202 valence electrons. The van der Waals surface area contributed by atoms with E-state index in [4.69, 9.17) is 15.2 Å². The van der Waals surface area contributed by atoms with Crippen LogP contribution < -0.4 is 15.2 Å². The van der Waals surface area contributed by atoms with Crippen LogP contribution in [0, 0.1) is 0 Å². The summed E-state index contributed by atoms with van der Waals surface area (Å²) in [6.07, 6.45) is 1.55. The Labute approximate surface area is 226 Å². The number of esters is 2. The van der Waals surface area contributed by atoms with Crippen molar-refractivity contribution in [1.29, 1.82) is 0 Å². The van der Waals surface area contributed by atoms with Crippen molar-refractivity contribution in [2.75, 3.05) is 6.61 Å². The van der Waals surface area contributed by atoms with Gasteiger partial charge in [0.15, 0.2) is 0 Å².